The Labute approximate surface area is 147 Å². The summed E-state index contributed by atoms with van der Waals surface area (Å²) >= 11 is 0. The molecule has 5 heteroatoms. The third kappa shape index (κ3) is 4.18. The Morgan fingerprint density at radius 1 is 1.16 bits per heavy atom. The zero-order chi connectivity index (χ0) is 17.6. The van der Waals surface area contributed by atoms with E-state index in [0.717, 1.165) is 29.0 Å². The van der Waals surface area contributed by atoms with E-state index in [9.17, 15) is 9.59 Å². The smallest absolute Gasteiger partial charge is 0.231 e. The minimum atomic E-state index is -0.274. The van der Waals surface area contributed by atoms with Crippen LogP contribution in [-0.4, -0.2) is 18.4 Å². The van der Waals surface area contributed by atoms with Crippen molar-refractivity contribution in [2.45, 2.75) is 32.2 Å². The molecule has 1 aliphatic heterocycles. The molecule has 2 N–H and O–H groups in total. The monoisotopic (exact) mass is 338 g/mol. The average molecular weight is 338 g/mol. The van der Waals surface area contributed by atoms with Gasteiger partial charge >= 0.3 is 0 Å². The highest BCUT2D eigenvalue weighted by atomic mass is 16.5. The van der Waals surface area contributed by atoms with E-state index in [4.69, 9.17) is 4.74 Å². The molecule has 2 aromatic rings. The van der Waals surface area contributed by atoms with Crippen molar-refractivity contribution in [3.05, 3.63) is 59.7 Å². The Bertz CT molecular complexity index is 773. The summed E-state index contributed by atoms with van der Waals surface area (Å²) in [5, 5.41) is 5.82. The van der Waals surface area contributed by atoms with Gasteiger partial charge in [0.25, 0.3) is 0 Å². The Morgan fingerprint density at radius 2 is 2.00 bits per heavy atom. The van der Waals surface area contributed by atoms with Crippen LogP contribution < -0.4 is 15.4 Å². The molecule has 25 heavy (non-hydrogen) atoms. The predicted molar refractivity (Wildman–Crippen MR) is 96.5 cm³/mol. The lowest BCUT2D eigenvalue weighted by molar-refractivity contribution is -0.123. The van der Waals surface area contributed by atoms with Crippen molar-refractivity contribution in [3.63, 3.8) is 0 Å². The van der Waals surface area contributed by atoms with Crippen LogP contribution in [0.5, 0.6) is 5.75 Å². The van der Waals surface area contributed by atoms with E-state index in [1.807, 2.05) is 55.5 Å². The number of nitrogens with one attached hydrogen (secondary N) is 2. The maximum absolute atomic E-state index is 12.5. The first-order chi connectivity index (χ1) is 12.2. The molecule has 1 aliphatic rings. The Morgan fingerprint density at radius 3 is 2.84 bits per heavy atom. The molecule has 0 fully saturated rings. The van der Waals surface area contributed by atoms with Crippen LogP contribution >= 0.6 is 0 Å². The molecule has 0 saturated carbocycles. The highest BCUT2D eigenvalue weighted by Crippen LogP contribution is 2.33. The molecule has 0 saturated heterocycles. The first-order valence-corrected chi connectivity index (χ1v) is 8.55. The summed E-state index contributed by atoms with van der Waals surface area (Å²) < 4.78 is 5.56. The Kier molecular flexibility index (Phi) is 5.33. The second-order valence-electron chi connectivity index (χ2n) is 6.12. The maximum atomic E-state index is 12.5. The van der Waals surface area contributed by atoms with Gasteiger partial charge in [0.05, 0.1) is 0 Å². The number of rotatable bonds is 6. The summed E-state index contributed by atoms with van der Waals surface area (Å²) in [7, 11) is 0. The lowest BCUT2D eigenvalue weighted by Gasteiger charge is -2.11. The van der Waals surface area contributed by atoms with Crippen LogP contribution in [-0.2, 0) is 16.1 Å². The van der Waals surface area contributed by atoms with Gasteiger partial charge in [-0.1, -0.05) is 37.3 Å². The fourth-order valence-corrected chi connectivity index (χ4v) is 2.90. The van der Waals surface area contributed by atoms with E-state index in [2.05, 4.69) is 10.6 Å². The second kappa shape index (κ2) is 7.83. The number of amides is 2. The van der Waals surface area contributed by atoms with Gasteiger partial charge < -0.3 is 15.4 Å². The van der Waals surface area contributed by atoms with Gasteiger partial charge in [-0.2, -0.15) is 0 Å². The molecule has 130 valence electrons. The second-order valence-corrected chi connectivity index (χ2v) is 6.12. The molecule has 1 unspecified atom stereocenters. The lowest BCUT2D eigenvalue weighted by atomic mass is 10.0. The standard InChI is InChI=1S/C20H22N2O3/c1-2-6-19(23)22-15-8-5-7-14(11-15)12-21-20(24)17-13-25-18-10-4-3-9-16(17)18/h3-5,7-11,17H,2,6,12-13H2,1H3,(H,21,24)(H,22,23). The topological polar surface area (TPSA) is 67.4 Å². The third-order valence-electron chi connectivity index (χ3n) is 4.17. The van der Waals surface area contributed by atoms with E-state index in [0.29, 0.717) is 19.6 Å². The zero-order valence-electron chi connectivity index (χ0n) is 14.2. The molecule has 3 rings (SSSR count). The van der Waals surface area contributed by atoms with Crippen molar-refractivity contribution in [2.24, 2.45) is 0 Å². The largest absolute Gasteiger partial charge is 0.492 e. The highest BCUT2D eigenvalue weighted by molar-refractivity contribution is 5.90. The molecule has 1 atom stereocenters. The van der Waals surface area contributed by atoms with Gasteiger partial charge in [0.15, 0.2) is 0 Å². The molecule has 2 amide bonds. The van der Waals surface area contributed by atoms with E-state index in [1.165, 1.54) is 0 Å². The summed E-state index contributed by atoms with van der Waals surface area (Å²) in [6.07, 6.45) is 1.31. The first kappa shape index (κ1) is 17.0. The summed E-state index contributed by atoms with van der Waals surface area (Å²) in [5.74, 6) is 0.459. The first-order valence-electron chi connectivity index (χ1n) is 8.55. The molecule has 0 radical (unpaired) electrons. The van der Waals surface area contributed by atoms with Crippen molar-refractivity contribution < 1.29 is 14.3 Å². The Hall–Kier alpha value is -2.82. The molecule has 0 aromatic heterocycles. The van der Waals surface area contributed by atoms with Crippen LogP contribution in [0, 0.1) is 0 Å². The SMILES string of the molecule is CCCC(=O)Nc1cccc(CNC(=O)C2COc3ccccc32)c1. The van der Waals surface area contributed by atoms with Crippen LogP contribution in [0.3, 0.4) is 0 Å². The van der Waals surface area contributed by atoms with Crippen molar-refractivity contribution in [1.29, 1.82) is 0 Å². The summed E-state index contributed by atoms with van der Waals surface area (Å²) in [6, 6.07) is 15.1. The van der Waals surface area contributed by atoms with Crippen molar-refractivity contribution in [2.75, 3.05) is 11.9 Å². The van der Waals surface area contributed by atoms with Crippen molar-refractivity contribution in [3.8, 4) is 5.75 Å². The summed E-state index contributed by atoms with van der Waals surface area (Å²) in [4.78, 5) is 24.2. The third-order valence-corrected chi connectivity index (χ3v) is 4.17. The average Bonchev–Trinajstić information content (AvgIpc) is 3.04. The highest BCUT2D eigenvalue weighted by Gasteiger charge is 2.29. The number of hydrogen-bond donors (Lipinski definition) is 2. The fraction of sp³-hybridized carbons (Fsp3) is 0.300. The van der Waals surface area contributed by atoms with E-state index < -0.39 is 0 Å². The van der Waals surface area contributed by atoms with Crippen molar-refractivity contribution in [1.82, 2.24) is 5.32 Å². The summed E-state index contributed by atoms with van der Waals surface area (Å²) in [6.45, 7) is 2.75. The zero-order valence-corrected chi connectivity index (χ0v) is 14.2. The number of hydrogen-bond acceptors (Lipinski definition) is 3. The predicted octanol–water partition coefficient (Wildman–Crippen LogP) is 3.22. The minimum Gasteiger partial charge on any atom is -0.492 e. The van der Waals surface area contributed by atoms with Gasteiger partial charge in [0, 0.05) is 24.2 Å². The number of carbonyl (C=O) groups excluding carboxylic acids is 2. The molecular formula is C20H22N2O3. The molecule has 2 aromatic carbocycles. The van der Waals surface area contributed by atoms with Crippen LogP contribution in [0.2, 0.25) is 0 Å². The molecule has 1 heterocycles. The number of anilines is 1. The Balaban J connectivity index is 1.59. The minimum absolute atomic E-state index is 0.00315. The molecule has 0 spiro atoms. The quantitative estimate of drug-likeness (QED) is 0.850. The van der Waals surface area contributed by atoms with Gasteiger partial charge in [-0.25, -0.2) is 0 Å². The molecule has 0 aliphatic carbocycles. The van der Waals surface area contributed by atoms with Crippen molar-refractivity contribution >= 4 is 17.5 Å². The number of fused-ring (bicyclic) bond motifs is 1. The van der Waals surface area contributed by atoms with E-state index in [-0.39, 0.29) is 17.7 Å². The van der Waals surface area contributed by atoms with Gasteiger partial charge in [-0.3, -0.25) is 9.59 Å². The van der Waals surface area contributed by atoms with E-state index in [1.54, 1.807) is 0 Å². The fourth-order valence-electron chi connectivity index (χ4n) is 2.90. The lowest BCUT2D eigenvalue weighted by Crippen LogP contribution is -2.29. The van der Waals surface area contributed by atoms with Crippen LogP contribution in [0.4, 0.5) is 5.69 Å². The van der Waals surface area contributed by atoms with Gasteiger partial charge in [0.1, 0.15) is 18.3 Å². The van der Waals surface area contributed by atoms with Crippen LogP contribution in [0.1, 0.15) is 36.8 Å². The molecule has 0 bridgehead atoms. The number of carbonyl (C=O) groups is 2. The summed E-state index contributed by atoms with van der Waals surface area (Å²) in [5.41, 5.74) is 2.62. The van der Waals surface area contributed by atoms with Crippen LogP contribution in [0.25, 0.3) is 0 Å². The number of para-hydroxylation sites is 1. The van der Waals surface area contributed by atoms with Gasteiger partial charge in [0.2, 0.25) is 11.8 Å². The van der Waals surface area contributed by atoms with Crippen LogP contribution in [0.15, 0.2) is 48.5 Å². The number of benzene rings is 2. The molecule has 5 nitrogen and oxygen atoms in total. The maximum Gasteiger partial charge on any atom is 0.231 e. The van der Waals surface area contributed by atoms with Gasteiger partial charge in [-0.15, -0.1) is 0 Å². The number of ether oxygens (including phenoxy) is 1. The van der Waals surface area contributed by atoms with E-state index >= 15 is 0 Å². The van der Waals surface area contributed by atoms with Gasteiger partial charge in [-0.05, 0) is 30.2 Å². The normalized spacial score (nSPS) is 15.2. The molecular weight excluding hydrogens is 316 g/mol.